The number of hydrogen-bond donors (Lipinski definition) is 1. The van der Waals surface area contributed by atoms with E-state index in [1.807, 2.05) is 0 Å². The maximum Gasteiger partial charge on any atom is 0.283 e. The second-order valence-electron chi connectivity index (χ2n) is 2.81. The van der Waals surface area contributed by atoms with Gasteiger partial charge in [0.05, 0.1) is 11.5 Å². The number of benzene rings is 1. The van der Waals surface area contributed by atoms with Crippen LogP contribution >= 0.6 is 11.6 Å². The summed E-state index contributed by atoms with van der Waals surface area (Å²) in [5, 5.41) is 13.2. The maximum atomic E-state index is 11.5. The Bertz CT molecular complexity index is 479. The van der Waals surface area contributed by atoms with Gasteiger partial charge >= 0.3 is 0 Å². The predicted octanol–water partition coefficient (Wildman–Crippen LogP) is 1.61. The van der Waals surface area contributed by atoms with Gasteiger partial charge in [0, 0.05) is 11.1 Å². The Balaban J connectivity index is 3.08. The summed E-state index contributed by atoms with van der Waals surface area (Å²) in [4.78, 5) is 21.5. The fourth-order valence-electron chi connectivity index (χ4n) is 1.07. The van der Waals surface area contributed by atoms with Gasteiger partial charge in [0.15, 0.2) is 0 Å². The second kappa shape index (κ2) is 5.14. The molecule has 0 aliphatic heterocycles. The van der Waals surface area contributed by atoms with Crippen molar-refractivity contribution in [2.24, 2.45) is 0 Å². The number of terminal acetylenes is 1. The van der Waals surface area contributed by atoms with Crippen molar-refractivity contribution in [2.75, 3.05) is 6.54 Å². The monoisotopic (exact) mass is 238 g/mol. The normalized spacial score (nSPS) is 9.25. The lowest BCUT2D eigenvalue weighted by molar-refractivity contribution is -0.385. The second-order valence-corrected chi connectivity index (χ2v) is 3.24. The lowest BCUT2D eigenvalue weighted by atomic mass is 10.1. The Hall–Kier alpha value is -2.06. The van der Waals surface area contributed by atoms with Gasteiger partial charge in [-0.3, -0.25) is 14.9 Å². The van der Waals surface area contributed by atoms with Crippen LogP contribution in [0.2, 0.25) is 5.02 Å². The van der Waals surface area contributed by atoms with E-state index >= 15 is 0 Å². The summed E-state index contributed by atoms with van der Waals surface area (Å²) in [6.07, 6.45) is 4.96. The molecule has 1 aromatic carbocycles. The third-order valence-corrected chi connectivity index (χ3v) is 1.99. The number of hydrogen-bond acceptors (Lipinski definition) is 3. The minimum absolute atomic E-state index is 0.0125. The lowest BCUT2D eigenvalue weighted by Gasteiger charge is -2.02. The van der Waals surface area contributed by atoms with Gasteiger partial charge in [0.25, 0.3) is 11.6 Å². The van der Waals surface area contributed by atoms with E-state index < -0.39 is 10.8 Å². The topological polar surface area (TPSA) is 72.2 Å². The minimum Gasteiger partial charge on any atom is -0.341 e. The zero-order valence-corrected chi connectivity index (χ0v) is 8.82. The van der Waals surface area contributed by atoms with Crippen LogP contribution in [0.5, 0.6) is 0 Å². The van der Waals surface area contributed by atoms with Crippen LogP contribution in [-0.2, 0) is 0 Å². The molecule has 0 spiro atoms. The van der Waals surface area contributed by atoms with Crippen LogP contribution in [0.3, 0.4) is 0 Å². The van der Waals surface area contributed by atoms with Crippen LogP contribution in [0.1, 0.15) is 10.4 Å². The largest absolute Gasteiger partial charge is 0.341 e. The molecule has 0 fully saturated rings. The van der Waals surface area contributed by atoms with Gasteiger partial charge in [0.2, 0.25) is 0 Å². The quantitative estimate of drug-likeness (QED) is 0.494. The summed E-state index contributed by atoms with van der Waals surface area (Å²) in [5.41, 5.74) is -0.410. The van der Waals surface area contributed by atoms with E-state index in [0.29, 0.717) is 0 Å². The highest BCUT2D eigenvalue weighted by Gasteiger charge is 2.19. The summed E-state index contributed by atoms with van der Waals surface area (Å²) in [6, 6.07) is 3.80. The molecular formula is C10H7ClN2O3. The number of carbonyl (C=O) groups excluding carboxylic acids is 1. The van der Waals surface area contributed by atoms with Gasteiger partial charge in [-0.25, -0.2) is 0 Å². The van der Waals surface area contributed by atoms with Gasteiger partial charge < -0.3 is 5.32 Å². The maximum absolute atomic E-state index is 11.5. The molecule has 1 N–H and O–H groups in total. The smallest absolute Gasteiger partial charge is 0.283 e. The van der Waals surface area contributed by atoms with Crippen LogP contribution in [0.4, 0.5) is 5.69 Å². The van der Waals surface area contributed by atoms with E-state index in [-0.39, 0.29) is 22.8 Å². The Kier molecular flexibility index (Phi) is 3.86. The summed E-state index contributed by atoms with van der Waals surface area (Å²) in [6.45, 7) is 0.0125. The standard InChI is InChI=1S/C10H7ClN2O3/c1-2-5-12-10(14)8-4-3-7(11)6-9(8)13(15)16/h1,3-4,6H,5H2,(H,12,14). The fraction of sp³-hybridized carbons (Fsp3) is 0.100. The Morgan fingerprint density at radius 2 is 2.31 bits per heavy atom. The zero-order chi connectivity index (χ0) is 12.1. The van der Waals surface area contributed by atoms with Gasteiger partial charge in [-0.1, -0.05) is 17.5 Å². The number of nitrogens with zero attached hydrogens (tertiary/aromatic N) is 1. The summed E-state index contributed by atoms with van der Waals surface area (Å²) in [7, 11) is 0. The van der Waals surface area contributed by atoms with E-state index in [0.717, 1.165) is 6.07 Å². The minimum atomic E-state index is -0.670. The van der Waals surface area contributed by atoms with Crippen molar-refractivity contribution in [1.29, 1.82) is 0 Å². The molecule has 0 saturated heterocycles. The van der Waals surface area contributed by atoms with Gasteiger partial charge in [-0.05, 0) is 12.1 Å². The molecule has 1 amide bonds. The van der Waals surface area contributed by atoms with Crippen molar-refractivity contribution in [1.82, 2.24) is 5.32 Å². The first-order chi connectivity index (χ1) is 7.56. The van der Waals surface area contributed by atoms with Crippen molar-refractivity contribution in [3.63, 3.8) is 0 Å². The molecule has 16 heavy (non-hydrogen) atoms. The van der Waals surface area contributed by atoms with Gasteiger partial charge in [-0.15, -0.1) is 6.42 Å². The average Bonchev–Trinajstić information content (AvgIpc) is 2.25. The van der Waals surface area contributed by atoms with E-state index in [4.69, 9.17) is 18.0 Å². The van der Waals surface area contributed by atoms with Crippen molar-refractivity contribution >= 4 is 23.2 Å². The molecule has 0 aromatic heterocycles. The molecule has 5 nitrogen and oxygen atoms in total. The van der Waals surface area contributed by atoms with Crippen LogP contribution < -0.4 is 5.32 Å². The number of rotatable bonds is 3. The molecule has 0 aliphatic rings. The van der Waals surface area contributed by atoms with Crippen molar-refractivity contribution in [3.8, 4) is 12.3 Å². The van der Waals surface area contributed by atoms with Crippen LogP contribution in [0, 0.1) is 22.5 Å². The number of halogens is 1. The molecule has 0 aliphatic carbocycles. The molecular weight excluding hydrogens is 232 g/mol. The van der Waals surface area contributed by atoms with Gasteiger partial charge in [-0.2, -0.15) is 0 Å². The van der Waals surface area contributed by atoms with Crippen molar-refractivity contribution in [2.45, 2.75) is 0 Å². The third-order valence-electron chi connectivity index (χ3n) is 1.75. The Labute approximate surface area is 96.6 Å². The molecule has 82 valence electrons. The van der Waals surface area contributed by atoms with Gasteiger partial charge in [0.1, 0.15) is 5.56 Å². The van der Waals surface area contributed by atoms with Crippen molar-refractivity contribution in [3.05, 3.63) is 38.9 Å². The zero-order valence-electron chi connectivity index (χ0n) is 8.07. The summed E-state index contributed by atoms with van der Waals surface area (Å²) < 4.78 is 0. The third kappa shape index (κ3) is 2.72. The Morgan fingerprint density at radius 3 is 2.88 bits per heavy atom. The molecule has 0 atom stereocenters. The highest BCUT2D eigenvalue weighted by molar-refractivity contribution is 6.31. The summed E-state index contributed by atoms with van der Waals surface area (Å²) >= 11 is 5.60. The molecule has 0 heterocycles. The first-order valence-electron chi connectivity index (χ1n) is 4.22. The predicted molar refractivity (Wildman–Crippen MR) is 59.3 cm³/mol. The van der Waals surface area contributed by atoms with Crippen LogP contribution in [0.15, 0.2) is 18.2 Å². The highest BCUT2D eigenvalue weighted by Crippen LogP contribution is 2.22. The van der Waals surface area contributed by atoms with E-state index in [1.165, 1.54) is 12.1 Å². The number of carbonyl (C=O) groups is 1. The molecule has 1 aromatic rings. The molecule has 1 rings (SSSR count). The lowest BCUT2D eigenvalue weighted by Crippen LogP contribution is -2.24. The molecule has 0 radical (unpaired) electrons. The average molecular weight is 239 g/mol. The SMILES string of the molecule is C#CCNC(=O)c1ccc(Cl)cc1[N+](=O)[O-]. The van der Waals surface area contributed by atoms with E-state index in [2.05, 4.69) is 11.2 Å². The number of nitro benzene ring substituents is 1. The molecule has 6 heteroatoms. The van der Waals surface area contributed by atoms with Crippen LogP contribution in [0.25, 0.3) is 0 Å². The fourth-order valence-corrected chi connectivity index (χ4v) is 1.24. The number of amides is 1. The van der Waals surface area contributed by atoms with Crippen LogP contribution in [-0.4, -0.2) is 17.4 Å². The van der Waals surface area contributed by atoms with Crippen molar-refractivity contribution < 1.29 is 9.72 Å². The molecule has 0 unspecified atom stereocenters. The molecule has 0 saturated carbocycles. The highest BCUT2D eigenvalue weighted by atomic mass is 35.5. The molecule has 0 bridgehead atoms. The first-order valence-corrected chi connectivity index (χ1v) is 4.59. The number of nitrogens with one attached hydrogen (secondary N) is 1. The van der Waals surface area contributed by atoms with E-state index in [9.17, 15) is 14.9 Å². The summed E-state index contributed by atoms with van der Waals surface area (Å²) in [5.74, 6) is 1.60. The Morgan fingerprint density at radius 1 is 1.62 bits per heavy atom. The first kappa shape index (κ1) is 12.0. The van der Waals surface area contributed by atoms with E-state index in [1.54, 1.807) is 0 Å². The number of nitro groups is 1.